The summed E-state index contributed by atoms with van der Waals surface area (Å²) in [6.07, 6.45) is 0. The SMILES string of the molecule is COc1cc(Cl)c(C)c(-c2cc(N)n(C)n2)c1O. The van der Waals surface area contributed by atoms with Crippen molar-refractivity contribution < 1.29 is 9.84 Å². The number of aromatic nitrogens is 2. The van der Waals surface area contributed by atoms with E-state index in [0.29, 0.717) is 27.8 Å². The van der Waals surface area contributed by atoms with Crippen molar-refractivity contribution in [2.45, 2.75) is 6.92 Å². The standard InChI is InChI=1S/C12H14ClN3O2/c1-6-7(13)4-9(18-3)12(17)11(6)8-5-10(14)16(2)15-8/h4-5,17H,14H2,1-3H3. The second-order valence-corrected chi connectivity index (χ2v) is 4.39. The number of anilines is 1. The molecule has 5 nitrogen and oxygen atoms in total. The van der Waals surface area contributed by atoms with Crippen LogP contribution in [-0.2, 0) is 7.05 Å². The number of aryl methyl sites for hydroxylation is 1. The van der Waals surface area contributed by atoms with Crippen LogP contribution in [0.25, 0.3) is 11.3 Å². The maximum Gasteiger partial charge on any atom is 0.167 e. The molecule has 6 heteroatoms. The van der Waals surface area contributed by atoms with Crippen LogP contribution in [0.15, 0.2) is 12.1 Å². The van der Waals surface area contributed by atoms with Crippen LogP contribution in [0.4, 0.5) is 5.82 Å². The first-order chi connectivity index (χ1) is 8.45. The predicted octanol–water partition coefficient (Wildman–Crippen LogP) is 2.35. The lowest BCUT2D eigenvalue weighted by Gasteiger charge is -2.11. The molecule has 1 aromatic heterocycles. The molecule has 1 heterocycles. The van der Waals surface area contributed by atoms with E-state index >= 15 is 0 Å². The minimum Gasteiger partial charge on any atom is -0.504 e. The quantitative estimate of drug-likeness (QED) is 0.876. The minimum atomic E-state index is 0.0116. The van der Waals surface area contributed by atoms with Gasteiger partial charge >= 0.3 is 0 Å². The van der Waals surface area contributed by atoms with Crippen LogP contribution in [0.5, 0.6) is 11.5 Å². The van der Waals surface area contributed by atoms with Gasteiger partial charge in [0.1, 0.15) is 5.82 Å². The topological polar surface area (TPSA) is 73.3 Å². The normalized spacial score (nSPS) is 10.7. The number of ether oxygens (including phenoxy) is 1. The fourth-order valence-electron chi connectivity index (χ4n) is 1.78. The van der Waals surface area contributed by atoms with Crippen molar-refractivity contribution in [1.82, 2.24) is 9.78 Å². The maximum atomic E-state index is 10.2. The first-order valence-corrected chi connectivity index (χ1v) is 5.69. The number of nitrogens with two attached hydrogens (primary N) is 1. The number of halogens is 1. The van der Waals surface area contributed by atoms with E-state index in [9.17, 15) is 5.11 Å². The Morgan fingerprint density at radius 3 is 2.61 bits per heavy atom. The zero-order valence-corrected chi connectivity index (χ0v) is 11.1. The number of nitrogens with zero attached hydrogens (tertiary/aromatic N) is 2. The molecule has 0 amide bonds. The van der Waals surface area contributed by atoms with Gasteiger partial charge in [0.05, 0.1) is 18.4 Å². The van der Waals surface area contributed by atoms with Gasteiger partial charge < -0.3 is 15.6 Å². The van der Waals surface area contributed by atoms with Crippen molar-refractivity contribution >= 4 is 17.4 Å². The lowest BCUT2D eigenvalue weighted by atomic mass is 10.0. The molecule has 18 heavy (non-hydrogen) atoms. The summed E-state index contributed by atoms with van der Waals surface area (Å²) in [5.74, 6) is 0.824. The first-order valence-electron chi connectivity index (χ1n) is 5.31. The van der Waals surface area contributed by atoms with Crippen LogP contribution in [0.1, 0.15) is 5.56 Å². The molecule has 0 radical (unpaired) electrons. The molecular weight excluding hydrogens is 254 g/mol. The van der Waals surface area contributed by atoms with E-state index < -0.39 is 0 Å². The number of rotatable bonds is 2. The highest BCUT2D eigenvalue weighted by molar-refractivity contribution is 6.32. The highest BCUT2D eigenvalue weighted by Crippen LogP contribution is 2.42. The van der Waals surface area contributed by atoms with Gasteiger partial charge in [-0.05, 0) is 12.5 Å². The van der Waals surface area contributed by atoms with E-state index in [2.05, 4.69) is 5.10 Å². The molecule has 0 bridgehead atoms. The molecule has 2 rings (SSSR count). The third kappa shape index (κ3) is 1.86. The van der Waals surface area contributed by atoms with E-state index in [-0.39, 0.29) is 5.75 Å². The van der Waals surface area contributed by atoms with Gasteiger partial charge in [-0.3, -0.25) is 4.68 Å². The van der Waals surface area contributed by atoms with Crippen molar-refractivity contribution in [2.24, 2.45) is 7.05 Å². The summed E-state index contributed by atoms with van der Waals surface area (Å²) in [4.78, 5) is 0. The van der Waals surface area contributed by atoms with Gasteiger partial charge in [0.25, 0.3) is 0 Å². The van der Waals surface area contributed by atoms with Crippen LogP contribution in [-0.4, -0.2) is 22.0 Å². The van der Waals surface area contributed by atoms with Crippen molar-refractivity contribution in [1.29, 1.82) is 0 Å². The Hall–Kier alpha value is -1.88. The van der Waals surface area contributed by atoms with Gasteiger partial charge in [0, 0.05) is 24.2 Å². The lowest BCUT2D eigenvalue weighted by molar-refractivity contribution is 0.374. The second-order valence-electron chi connectivity index (χ2n) is 3.99. The average Bonchev–Trinajstić information content (AvgIpc) is 2.64. The number of aromatic hydroxyl groups is 1. The van der Waals surface area contributed by atoms with Crippen LogP contribution < -0.4 is 10.5 Å². The number of phenols is 1. The Bertz CT molecular complexity index is 588. The highest BCUT2D eigenvalue weighted by atomic mass is 35.5. The van der Waals surface area contributed by atoms with Gasteiger partial charge in [-0.1, -0.05) is 11.6 Å². The fraction of sp³-hybridized carbons (Fsp3) is 0.250. The summed E-state index contributed by atoms with van der Waals surface area (Å²) in [7, 11) is 3.20. The molecule has 0 aliphatic heterocycles. The number of phenolic OH excluding ortho intramolecular Hbond substituents is 1. The monoisotopic (exact) mass is 267 g/mol. The summed E-state index contributed by atoms with van der Waals surface area (Å²) < 4.78 is 6.61. The molecule has 0 aliphatic rings. The Morgan fingerprint density at radius 2 is 2.11 bits per heavy atom. The van der Waals surface area contributed by atoms with Crippen LogP contribution >= 0.6 is 11.6 Å². The number of methoxy groups -OCH3 is 1. The zero-order valence-electron chi connectivity index (χ0n) is 10.4. The average molecular weight is 268 g/mol. The van der Waals surface area contributed by atoms with Gasteiger partial charge in [0.15, 0.2) is 11.5 Å². The Morgan fingerprint density at radius 1 is 1.44 bits per heavy atom. The molecule has 1 aromatic carbocycles. The number of nitrogen functional groups attached to an aromatic ring is 1. The van der Waals surface area contributed by atoms with E-state index in [4.69, 9.17) is 22.1 Å². The van der Waals surface area contributed by atoms with Gasteiger partial charge in [0.2, 0.25) is 0 Å². The maximum absolute atomic E-state index is 10.2. The zero-order chi connectivity index (χ0) is 13.4. The Kier molecular flexibility index (Phi) is 3.09. The summed E-state index contributed by atoms with van der Waals surface area (Å²) >= 11 is 6.11. The molecule has 2 aromatic rings. The molecule has 0 saturated heterocycles. The van der Waals surface area contributed by atoms with Crippen molar-refractivity contribution in [2.75, 3.05) is 12.8 Å². The van der Waals surface area contributed by atoms with E-state index in [1.165, 1.54) is 11.8 Å². The minimum absolute atomic E-state index is 0.0116. The molecular formula is C12H14ClN3O2. The molecule has 0 saturated carbocycles. The predicted molar refractivity (Wildman–Crippen MR) is 71.0 cm³/mol. The highest BCUT2D eigenvalue weighted by Gasteiger charge is 2.19. The van der Waals surface area contributed by atoms with Gasteiger partial charge in [-0.25, -0.2) is 0 Å². The molecule has 0 fully saturated rings. The first kappa shape index (κ1) is 12.6. The molecule has 3 N–H and O–H groups in total. The molecule has 0 spiro atoms. The van der Waals surface area contributed by atoms with E-state index in [1.807, 2.05) is 6.92 Å². The third-order valence-electron chi connectivity index (χ3n) is 2.85. The van der Waals surface area contributed by atoms with Crippen LogP contribution in [0.3, 0.4) is 0 Å². The smallest absolute Gasteiger partial charge is 0.167 e. The largest absolute Gasteiger partial charge is 0.504 e. The summed E-state index contributed by atoms with van der Waals surface area (Å²) in [5, 5.41) is 14.9. The van der Waals surface area contributed by atoms with E-state index in [1.54, 1.807) is 19.2 Å². The van der Waals surface area contributed by atoms with Crippen LogP contribution in [0.2, 0.25) is 5.02 Å². The second kappa shape index (κ2) is 4.42. The molecule has 0 atom stereocenters. The molecule has 96 valence electrons. The summed E-state index contributed by atoms with van der Waals surface area (Å²) in [6, 6.07) is 3.25. The van der Waals surface area contributed by atoms with E-state index in [0.717, 1.165) is 5.56 Å². The summed E-state index contributed by atoms with van der Waals surface area (Å²) in [6.45, 7) is 1.81. The van der Waals surface area contributed by atoms with Crippen molar-refractivity contribution in [3.05, 3.63) is 22.7 Å². The Labute approximate surface area is 110 Å². The van der Waals surface area contributed by atoms with Crippen molar-refractivity contribution in [3.63, 3.8) is 0 Å². The number of hydrogen-bond acceptors (Lipinski definition) is 4. The lowest BCUT2D eigenvalue weighted by Crippen LogP contribution is -1.97. The summed E-state index contributed by atoms with van der Waals surface area (Å²) in [5.41, 5.74) is 7.57. The Balaban J connectivity index is 2.73. The fourth-order valence-corrected chi connectivity index (χ4v) is 1.98. The van der Waals surface area contributed by atoms with Gasteiger partial charge in [-0.2, -0.15) is 5.10 Å². The molecule has 0 aliphatic carbocycles. The number of hydrogen-bond donors (Lipinski definition) is 2. The van der Waals surface area contributed by atoms with Crippen molar-refractivity contribution in [3.8, 4) is 22.8 Å². The molecule has 0 unspecified atom stereocenters. The third-order valence-corrected chi connectivity index (χ3v) is 3.25. The van der Waals surface area contributed by atoms with Gasteiger partial charge in [-0.15, -0.1) is 0 Å². The van der Waals surface area contributed by atoms with Crippen LogP contribution in [0, 0.1) is 6.92 Å². The number of benzene rings is 1.